The molecule has 1 aliphatic carbocycles. The lowest BCUT2D eigenvalue weighted by Crippen LogP contribution is -2.18. The van der Waals surface area contributed by atoms with Crippen molar-refractivity contribution < 1.29 is 4.74 Å². The maximum atomic E-state index is 5.55. The first-order chi connectivity index (χ1) is 10.3. The number of anilines is 2. The summed E-state index contributed by atoms with van der Waals surface area (Å²) in [6.45, 7) is 2.08. The predicted molar refractivity (Wildman–Crippen MR) is 76.8 cm³/mol. The molecule has 0 aliphatic heterocycles. The number of rotatable bonds is 8. The second-order valence-electron chi connectivity index (χ2n) is 4.82. The van der Waals surface area contributed by atoms with Crippen LogP contribution >= 0.6 is 0 Å². The first-order valence-corrected chi connectivity index (χ1v) is 6.89. The summed E-state index contributed by atoms with van der Waals surface area (Å²) in [5.41, 5.74) is 2.42. The lowest BCUT2D eigenvalue weighted by atomic mass is 10.5. The van der Waals surface area contributed by atoms with Crippen LogP contribution in [0.5, 0.6) is 0 Å². The first-order valence-electron chi connectivity index (χ1n) is 6.89. The van der Waals surface area contributed by atoms with Gasteiger partial charge in [0.2, 0.25) is 11.9 Å². The van der Waals surface area contributed by atoms with Crippen LogP contribution in [0.2, 0.25) is 0 Å². The van der Waals surface area contributed by atoms with Crippen LogP contribution in [-0.2, 0) is 4.74 Å². The minimum absolute atomic E-state index is 0.275. The molecule has 112 valence electrons. The van der Waals surface area contributed by atoms with Crippen molar-refractivity contribution in [2.45, 2.75) is 12.8 Å². The number of nitrogens with zero attached hydrogens (tertiary/aromatic N) is 5. The van der Waals surface area contributed by atoms with Crippen LogP contribution in [-0.4, -0.2) is 44.5 Å². The van der Waals surface area contributed by atoms with Gasteiger partial charge in [0.05, 0.1) is 6.61 Å². The zero-order chi connectivity index (χ0) is 14.5. The molecule has 0 aromatic carbocycles. The number of hydrogen-bond donors (Lipinski definition) is 3. The number of hydrazine groups is 1. The summed E-state index contributed by atoms with van der Waals surface area (Å²) < 4.78 is 7.09. The number of aromatic nitrogens is 5. The molecule has 3 rings (SSSR count). The Morgan fingerprint density at radius 2 is 2.14 bits per heavy atom. The van der Waals surface area contributed by atoms with Crippen LogP contribution < -0.4 is 16.6 Å². The Morgan fingerprint density at radius 3 is 2.86 bits per heavy atom. The van der Waals surface area contributed by atoms with Crippen molar-refractivity contribution in [2.24, 2.45) is 11.8 Å². The monoisotopic (exact) mass is 290 g/mol. The van der Waals surface area contributed by atoms with E-state index in [4.69, 9.17) is 10.6 Å². The largest absolute Gasteiger partial charge is 0.379 e. The third-order valence-corrected chi connectivity index (χ3v) is 3.04. The molecular weight excluding hydrogens is 272 g/mol. The molecular formula is C12H18N8O. The lowest BCUT2D eigenvalue weighted by Gasteiger charge is -2.08. The summed E-state index contributed by atoms with van der Waals surface area (Å²) in [6, 6.07) is 1.79. The van der Waals surface area contributed by atoms with E-state index in [0.29, 0.717) is 25.0 Å². The Hall–Kier alpha value is -2.26. The highest BCUT2D eigenvalue weighted by atomic mass is 16.5. The summed E-state index contributed by atoms with van der Waals surface area (Å²) in [5.74, 6) is 7.24. The fourth-order valence-corrected chi connectivity index (χ4v) is 1.77. The van der Waals surface area contributed by atoms with Gasteiger partial charge in [-0.1, -0.05) is 0 Å². The summed E-state index contributed by atoms with van der Waals surface area (Å²) in [4.78, 5) is 12.6. The van der Waals surface area contributed by atoms with Crippen molar-refractivity contribution in [1.29, 1.82) is 0 Å². The van der Waals surface area contributed by atoms with Gasteiger partial charge in [0.15, 0.2) is 0 Å². The van der Waals surface area contributed by atoms with E-state index in [1.54, 1.807) is 18.5 Å². The molecule has 9 nitrogen and oxygen atoms in total. The van der Waals surface area contributed by atoms with Crippen molar-refractivity contribution in [1.82, 2.24) is 24.7 Å². The van der Waals surface area contributed by atoms with Gasteiger partial charge >= 0.3 is 0 Å². The normalized spacial score (nSPS) is 14.1. The van der Waals surface area contributed by atoms with Gasteiger partial charge in [0.25, 0.3) is 5.95 Å². The van der Waals surface area contributed by atoms with E-state index < -0.39 is 0 Å². The molecule has 2 aromatic rings. The molecule has 21 heavy (non-hydrogen) atoms. The van der Waals surface area contributed by atoms with Gasteiger partial charge in [0, 0.05) is 25.5 Å². The summed E-state index contributed by atoms with van der Waals surface area (Å²) in [6.07, 6.45) is 5.98. The Labute approximate surface area is 121 Å². The van der Waals surface area contributed by atoms with Crippen LogP contribution in [0.25, 0.3) is 5.95 Å². The topological polar surface area (TPSA) is 116 Å². The van der Waals surface area contributed by atoms with E-state index in [9.17, 15) is 0 Å². The molecule has 0 unspecified atom stereocenters. The van der Waals surface area contributed by atoms with Crippen LogP contribution in [0.4, 0.5) is 11.9 Å². The molecule has 1 saturated carbocycles. The maximum absolute atomic E-state index is 5.55. The molecule has 0 spiro atoms. The molecule has 1 fully saturated rings. The Morgan fingerprint density at radius 1 is 1.29 bits per heavy atom. The molecule has 9 heteroatoms. The summed E-state index contributed by atoms with van der Waals surface area (Å²) >= 11 is 0. The molecule has 2 aromatic heterocycles. The third-order valence-electron chi connectivity index (χ3n) is 3.04. The molecule has 0 amide bonds. The van der Waals surface area contributed by atoms with Crippen LogP contribution in [0.3, 0.4) is 0 Å². The second kappa shape index (κ2) is 6.46. The van der Waals surface area contributed by atoms with Crippen LogP contribution in [0.15, 0.2) is 18.5 Å². The van der Waals surface area contributed by atoms with Crippen molar-refractivity contribution in [2.75, 3.05) is 30.5 Å². The van der Waals surface area contributed by atoms with Gasteiger partial charge in [-0.2, -0.15) is 20.1 Å². The standard InChI is InChI=1S/C12H18N8O/c13-19-11-16-10(14-5-7-21-8-9-2-3-9)17-12(18-11)20-6-1-4-15-20/h1,4,6,9H,2-3,5,7-8,13H2,(H2,14,16,17,18,19). The lowest BCUT2D eigenvalue weighted by molar-refractivity contribution is 0.133. The molecule has 0 radical (unpaired) electrons. The Bertz CT molecular complexity index is 569. The van der Waals surface area contributed by atoms with Gasteiger partial charge < -0.3 is 10.1 Å². The number of nitrogen functional groups attached to an aromatic ring is 1. The number of hydrogen-bond acceptors (Lipinski definition) is 8. The number of ether oxygens (including phenoxy) is 1. The van der Waals surface area contributed by atoms with Crippen molar-refractivity contribution in [3.05, 3.63) is 18.5 Å². The number of nitrogens with one attached hydrogen (secondary N) is 2. The third kappa shape index (κ3) is 3.86. The molecule has 4 N–H and O–H groups in total. The van der Waals surface area contributed by atoms with E-state index in [0.717, 1.165) is 12.5 Å². The molecule has 0 bridgehead atoms. The second-order valence-corrected chi connectivity index (χ2v) is 4.82. The Kier molecular flexibility index (Phi) is 4.22. The molecule has 0 atom stereocenters. The van der Waals surface area contributed by atoms with E-state index in [1.807, 2.05) is 0 Å². The van der Waals surface area contributed by atoms with E-state index in [2.05, 4.69) is 30.8 Å². The van der Waals surface area contributed by atoms with Gasteiger partial charge in [0.1, 0.15) is 0 Å². The van der Waals surface area contributed by atoms with Gasteiger partial charge in [-0.15, -0.1) is 0 Å². The molecule has 2 heterocycles. The van der Waals surface area contributed by atoms with Crippen molar-refractivity contribution in [3.63, 3.8) is 0 Å². The SMILES string of the molecule is NNc1nc(NCCOCC2CC2)nc(-n2cccn2)n1. The van der Waals surface area contributed by atoms with Gasteiger partial charge in [-0.05, 0) is 24.8 Å². The summed E-state index contributed by atoms with van der Waals surface area (Å²) in [5, 5.41) is 7.17. The van der Waals surface area contributed by atoms with Gasteiger partial charge in [-0.3, -0.25) is 5.43 Å². The zero-order valence-corrected chi connectivity index (χ0v) is 11.6. The predicted octanol–water partition coefficient (Wildman–Crippen LogP) is 0.181. The summed E-state index contributed by atoms with van der Waals surface area (Å²) in [7, 11) is 0. The fourth-order valence-electron chi connectivity index (χ4n) is 1.77. The minimum Gasteiger partial charge on any atom is -0.379 e. The van der Waals surface area contributed by atoms with Gasteiger partial charge in [-0.25, -0.2) is 10.5 Å². The maximum Gasteiger partial charge on any atom is 0.257 e. The molecule has 0 saturated heterocycles. The van der Waals surface area contributed by atoms with E-state index >= 15 is 0 Å². The smallest absolute Gasteiger partial charge is 0.257 e. The molecule has 1 aliphatic rings. The quantitative estimate of drug-likeness (QED) is 0.358. The van der Waals surface area contributed by atoms with Crippen molar-refractivity contribution >= 4 is 11.9 Å². The average molecular weight is 290 g/mol. The Balaban J connectivity index is 1.59. The average Bonchev–Trinajstić information content (AvgIpc) is 3.17. The van der Waals surface area contributed by atoms with Crippen LogP contribution in [0.1, 0.15) is 12.8 Å². The van der Waals surface area contributed by atoms with Crippen LogP contribution in [0, 0.1) is 5.92 Å². The fraction of sp³-hybridized carbons (Fsp3) is 0.500. The highest BCUT2D eigenvalue weighted by Gasteiger charge is 2.20. The van der Waals surface area contributed by atoms with E-state index in [1.165, 1.54) is 17.5 Å². The van der Waals surface area contributed by atoms with E-state index in [-0.39, 0.29) is 5.95 Å². The highest BCUT2D eigenvalue weighted by Crippen LogP contribution is 2.28. The first kappa shape index (κ1) is 13.7. The minimum atomic E-state index is 0.275. The highest BCUT2D eigenvalue weighted by molar-refractivity contribution is 5.36. The number of nitrogens with two attached hydrogens (primary N) is 1. The zero-order valence-electron chi connectivity index (χ0n) is 11.6. The van der Waals surface area contributed by atoms with Crippen molar-refractivity contribution in [3.8, 4) is 5.95 Å².